The molecule has 2 aromatic rings. The van der Waals surface area contributed by atoms with Gasteiger partial charge in [-0.15, -0.1) is 0 Å². The highest BCUT2D eigenvalue weighted by atomic mass is 79.9. The van der Waals surface area contributed by atoms with Gasteiger partial charge in [-0.3, -0.25) is 9.48 Å². The third-order valence-electron chi connectivity index (χ3n) is 3.12. The number of anilines is 1. The molecule has 0 aliphatic carbocycles. The first-order chi connectivity index (χ1) is 10.4. The lowest BCUT2D eigenvalue weighted by Gasteiger charge is -2.04. The summed E-state index contributed by atoms with van der Waals surface area (Å²) in [6.45, 7) is 4.82. The minimum atomic E-state index is -0.580. The number of aromatic nitrogens is 4. The molecule has 2 aromatic heterocycles. The third kappa shape index (κ3) is 3.50. The fourth-order valence-corrected chi connectivity index (χ4v) is 2.40. The quantitative estimate of drug-likeness (QED) is 0.618. The van der Waals surface area contributed by atoms with Gasteiger partial charge in [-0.25, -0.2) is 0 Å². The van der Waals surface area contributed by atoms with Crippen LogP contribution in [-0.2, 0) is 17.9 Å². The fourth-order valence-electron chi connectivity index (χ4n) is 1.94. The van der Waals surface area contributed by atoms with Crippen molar-refractivity contribution < 1.29 is 9.72 Å². The molecule has 0 unspecified atom stereocenters. The molecular weight excluding hydrogens is 356 g/mol. The summed E-state index contributed by atoms with van der Waals surface area (Å²) in [7, 11) is 0. The van der Waals surface area contributed by atoms with E-state index in [9.17, 15) is 14.9 Å². The predicted molar refractivity (Wildman–Crippen MR) is 82.5 cm³/mol. The zero-order chi connectivity index (χ0) is 16.3. The summed E-state index contributed by atoms with van der Waals surface area (Å²) in [4.78, 5) is 22.0. The van der Waals surface area contributed by atoms with Crippen LogP contribution in [0.3, 0.4) is 0 Å². The number of halogens is 1. The lowest BCUT2D eigenvalue weighted by Crippen LogP contribution is -2.15. The molecule has 0 radical (unpaired) electrons. The summed E-state index contributed by atoms with van der Waals surface area (Å²) in [5.74, 6) is -0.464. The molecule has 1 amide bonds. The fraction of sp³-hybridized carbons (Fsp3) is 0.417. The van der Waals surface area contributed by atoms with Crippen LogP contribution in [0.5, 0.6) is 0 Å². The van der Waals surface area contributed by atoms with Crippen LogP contribution in [0.2, 0.25) is 0 Å². The SMILES string of the molecule is CCn1ncc(NC(=O)CCn2cc(Br)c([N+](=O)[O-])n2)c1C. The third-order valence-corrected chi connectivity index (χ3v) is 3.68. The maximum atomic E-state index is 11.9. The first-order valence-electron chi connectivity index (χ1n) is 6.62. The number of nitro groups is 1. The molecule has 0 bridgehead atoms. The van der Waals surface area contributed by atoms with E-state index in [1.807, 2.05) is 13.8 Å². The van der Waals surface area contributed by atoms with E-state index in [4.69, 9.17) is 0 Å². The molecule has 0 aliphatic rings. The van der Waals surface area contributed by atoms with Gasteiger partial charge in [-0.2, -0.15) is 9.78 Å². The lowest BCUT2D eigenvalue weighted by molar-refractivity contribution is -0.390. The van der Waals surface area contributed by atoms with Gasteiger partial charge in [-0.1, -0.05) is 0 Å². The van der Waals surface area contributed by atoms with Gasteiger partial charge in [0.25, 0.3) is 0 Å². The van der Waals surface area contributed by atoms with Crippen LogP contribution in [0.15, 0.2) is 16.9 Å². The van der Waals surface area contributed by atoms with Crippen molar-refractivity contribution in [3.63, 3.8) is 0 Å². The molecule has 0 saturated carbocycles. The van der Waals surface area contributed by atoms with Gasteiger partial charge in [0.2, 0.25) is 5.91 Å². The molecule has 1 N–H and O–H groups in total. The molecule has 9 nitrogen and oxygen atoms in total. The number of hydrogen-bond acceptors (Lipinski definition) is 5. The summed E-state index contributed by atoms with van der Waals surface area (Å²) in [6, 6.07) is 0. The molecule has 0 spiro atoms. The van der Waals surface area contributed by atoms with Gasteiger partial charge in [-0.05, 0) is 34.7 Å². The van der Waals surface area contributed by atoms with E-state index in [1.54, 1.807) is 10.9 Å². The Balaban J connectivity index is 1.94. The molecule has 2 rings (SSSR count). The number of nitrogens with zero attached hydrogens (tertiary/aromatic N) is 5. The largest absolute Gasteiger partial charge is 0.404 e. The molecule has 0 saturated heterocycles. The normalized spacial score (nSPS) is 10.7. The second kappa shape index (κ2) is 6.69. The van der Waals surface area contributed by atoms with Crippen molar-refractivity contribution in [2.24, 2.45) is 0 Å². The number of amides is 1. The number of carbonyl (C=O) groups is 1. The smallest absolute Gasteiger partial charge is 0.358 e. The molecule has 10 heteroatoms. The van der Waals surface area contributed by atoms with Crippen molar-refractivity contribution in [3.8, 4) is 0 Å². The van der Waals surface area contributed by atoms with E-state index in [0.717, 1.165) is 12.2 Å². The molecule has 2 heterocycles. The van der Waals surface area contributed by atoms with E-state index in [0.29, 0.717) is 5.69 Å². The second-order valence-corrected chi connectivity index (χ2v) is 5.43. The van der Waals surface area contributed by atoms with Crippen LogP contribution in [0.1, 0.15) is 19.0 Å². The summed E-state index contributed by atoms with van der Waals surface area (Å²) in [5, 5.41) is 21.4. The highest BCUT2D eigenvalue weighted by Gasteiger charge is 2.19. The number of rotatable bonds is 6. The van der Waals surface area contributed by atoms with Crippen molar-refractivity contribution in [3.05, 3.63) is 32.7 Å². The van der Waals surface area contributed by atoms with Crippen LogP contribution >= 0.6 is 15.9 Å². The first-order valence-corrected chi connectivity index (χ1v) is 7.41. The summed E-state index contributed by atoms with van der Waals surface area (Å²) in [5.41, 5.74) is 1.55. The average Bonchev–Trinajstić information content (AvgIpc) is 3.00. The second-order valence-electron chi connectivity index (χ2n) is 4.58. The van der Waals surface area contributed by atoms with Crippen molar-refractivity contribution in [2.45, 2.75) is 33.4 Å². The maximum Gasteiger partial charge on any atom is 0.404 e. The van der Waals surface area contributed by atoms with Crippen LogP contribution in [0.4, 0.5) is 11.5 Å². The number of carbonyl (C=O) groups excluding carboxylic acids is 1. The lowest BCUT2D eigenvalue weighted by atomic mass is 10.3. The molecule has 118 valence electrons. The minimum Gasteiger partial charge on any atom is -0.358 e. The zero-order valence-electron chi connectivity index (χ0n) is 12.1. The Kier molecular flexibility index (Phi) is 4.91. The van der Waals surface area contributed by atoms with Gasteiger partial charge < -0.3 is 15.4 Å². The van der Waals surface area contributed by atoms with Gasteiger partial charge in [0.15, 0.2) is 0 Å². The van der Waals surface area contributed by atoms with Crippen molar-refractivity contribution in [2.75, 3.05) is 5.32 Å². The summed E-state index contributed by atoms with van der Waals surface area (Å²) < 4.78 is 3.44. The highest BCUT2D eigenvalue weighted by Crippen LogP contribution is 2.22. The summed E-state index contributed by atoms with van der Waals surface area (Å²) in [6.07, 6.45) is 3.24. The van der Waals surface area contributed by atoms with Crippen molar-refractivity contribution in [1.82, 2.24) is 19.6 Å². The average molecular weight is 371 g/mol. The molecule has 22 heavy (non-hydrogen) atoms. The number of hydrogen-bond donors (Lipinski definition) is 1. The van der Waals surface area contributed by atoms with E-state index in [1.165, 1.54) is 10.9 Å². The summed E-state index contributed by atoms with van der Waals surface area (Å²) >= 11 is 3.06. The van der Waals surface area contributed by atoms with Gasteiger partial charge in [0, 0.05) is 13.0 Å². The van der Waals surface area contributed by atoms with Crippen LogP contribution < -0.4 is 5.32 Å². The predicted octanol–water partition coefficient (Wildman–Crippen LogP) is 2.11. The first kappa shape index (κ1) is 16.1. The Bertz CT molecular complexity index is 708. The Hall–Kier alpha value is -2.23. The molecule has 0 fully saturated rings. The minimum absolute atomic E-state index is 0.155. The standard InChI is InChI=1S/C12H15BrN6O3/c1-3-18-8(2)10(6-14-18)15-11(20)4-5-17-7-9(13)12(16-17)19(21)22/h6-7H,3-5H2,1-2H3,(H,15,20). The monoisotopic (exact) mass is 370 g/mol. The Morgan fingerprint density at radius 2 is 2.27 bits per heavy atom. The highest BCUT2D eigenvalue weighted by molar-refractivity contribution is 9.10. The Labute approximate surface area is 134 Å². The van der Waals surface area contributed by atoms with E-state index < -0.39 is 4.92 Å². The van der Waals surface area contributed by atoms with E-state index in [-0.39, 0.29) is 29.2 Å². The molecule has 0 aliphatic heterocycles. The molecule has 0 atom stereocenters. The van der Waals surface area contributed by atoms with E-state index >= 15 is 0 Å². The zero-order valence-corrected chi connectivity index (χ0v) is 13.7. The van der Waals surface area contributed by atoms with Gasteiger partial charge >= 0.3 is 5.82 Å². The Morgan fingerprint density at radius 1 is 1.55 bits per heavy atom. The van der Waals surface area contributed by atoms with Gasteiger partial charge in [0.05, 0.1) is 35.4 Å². The van der Waals surface area contributed by atoms with Crippen molar-refractivity contribution >= 4 is 33.3 Å². The Morgan fingerprint density at radius 3 is 2.82 bits per heavy atom. The topological polar surface area (TPSA) is 108 Å². The van der Waals surface area contributed by atoms with Gasteiger partial charge in [0.1, 0.15) is 4.47 Å². The van der Waals surface area contributed by atoms with Crippen LogP contribution in [0.25, 0.3) is 0 Å². The molecule has 0 aromatic carbocycles. The molecular formula is C12H15BrN6O3. The number of aryl methyl sites for hydroxylation is 2. The maximum absolute atomic E-state index is 11.9. The van der Waals surface area contributed by atoms with Crippen molar-refractivity contribution in [1.29, 1.82) is 0 Å². The van der Waals surface area contributed by atoms with E-state index in [2.05, 4.69) is 31.4 Å². The number of nitrogens with one attached hydrogen (secondary N) is 1. The van der Waals surface area contributed by atoms with Crippen LogP contribution in [-0.4, -0.2) is 30.4 Å². The van der Waals surface area contributed by atoms with Crippen LogP contribution in [0, 0.1) is 17.0 Å².